The lowest BCUT2D eigenvalue weighted by Gasteiger charge is -2.22. The number of piperidine rings is 1. The molecular weight excluding hydrogens is 402 g/mol. The van der Waals surface area contributed by atoms with Gasteiger partial charge in [-0.2, -0.15) is 0 Å². The van der Waals surface area contributed by atoms with Gasteiger partial charge in [0.2, 0.25) is 6.79 Å². The molecule has 0 bridgehead atoms. The van der Waals surface area contributed by atoms with Crippen molar-refractivity contribution in [1.29, 1.82) is 0 Å². The molecule has 1 amide bonds. The summed E-state index contributed by atoms with van der Waals surface area (Å²) in [6.45, 7) is 2.13. The normalized spacial score (nSPS) is 16.7. The van der Waals surface area contributed by atoms with Crippen molar-refractivity contribution in [2.24, 2.45) is 0 Å². The minimum Gasteiger partial charge on any atom is -0.491 e. The summed E-state index contributed by atoms with van der Waals surface area (Å²) >= 11 is 0. The van der Waals surface area contributed by atoms with Gasteiger partial charge in [-0.05, 0) is 38.1 Å². The maximum Gasteiger partial charge on any atom is 0.273 e. The summed E-state index contributed by atoms with van der Waals surface area (Å²) in [6.07, 6.45) is 2.70. The summed E-state index contributed by atoms with van der Waals surface area (Å²) in [5.74, 6) is 1.46. The molecule has 158 valence electrons. The molecule has 1 atom stereocenters. The standard InChI is InChI=1S/C18H23N5O5.ClH/c24-13(10-26-14-1-2-16-17(7-14)28-11-27-16)8-20-18(25)15-9-23(22-21-15)12-3-5-19-6-4-12;/h1-2,7,9,12-13,19,24H,3-6,8,10-11H2,(H,20,25);1H. The minimum absolute atomic E-state index is 0. The maximum atomic E-state index is 12.2. The highest BCUT2D eigenvalue weighted by Gasteiger charge is 2.19. The highest BCUT2D eigenvalue weighted by Crippen LogP contribution is 2.35. The van der Waals surface area contributed by atoms with Crippen molar-refractivity contribution in [3.05, 3.63) is 30.1 Å². The molecule has 11 heteroatoms. The third-order valence-corrected chi connectivity index (χ3v) is 4.71. The van der Waals surface area contributed by atoms with Gasteiger partial charge in [0.25, 0.3) is 5.91 Å². The molecule has 0 radical (unpaired) electrons. The second kappa shape index (κ2) is 9.77. The predicted molar refractivity (Wildman–Crippen MR) is 105 cm³/mol. The van der Waals surface area contributed by atoms with Crippen molar-refractivity contribution in [2.45, 2.75) is 25.0 Å². The maximum absolute atomic E-state index is 12.2. The fraction of sp³-hybridized carbons (Fsp3) is 0.500. The van der Waals surface area contributed by atoms with E-state index in [1.54, 1.807) is 29.1 Å². The molecule has 1 unspecified atom stereocenters. The molecule has 0 aliphatic carbocycles. The van der Waals surface area contributed by atoms with Crippen molar-refractivity contribution < 1.29 is 24.1 Å². The minimum atomic E-state index is -0.867. The Labute approximate surface area is 173 Å². The second-order valence-electron chi connectivity index (χ2n) is 6.75. The van der Waals surface area contributed by atoms with Crippen LogP contribution in [0.1, 0.15) is 29.4 Å². The van der Waals surface area contributed by atoms with Gasteiger partial charge in [-0.15, -0.1) is 17.5 Å². The van der Waals surface area contributed by atoms with Crippen LogP contribution in [-0.2, 0) is 0 Å². The third kappa shape index (κ3) is 5.28. The number of aliphatic hydroxyl groups excluding tert-OH is 1. The summed E-state index contributed by atoms with van der Waals surface area (Å²) in [5, 5.41) is 24.0. The topological polar surface area (TPSA) is 120 Å². The predicted octanol–water partition coefficient (Wildman–Crippen LogP) is 0.523. The molecular formula is C18H24ClN5O5. The number of halogens is 1. The van der Waals surface area contributed by atoms with E-state index in [1.807, 2.05) is 0 Å². The molecule has 0 spiro atoms. The highest BCUT2D eigenvalue weighted by atomic mass is 35.5. The number of ether oxygens (including phenoxy) is 3. The zero-order valence-electron chi connectivity index (χ0n) is 15.7. The van der Waals surface area contributed by atoms with Crippen LogP contribution in [0, 0.1) is 0 Å². The van der Waals surface area contributed by atoms with E-state index in [9.17, 15) is 9.90 Å². The Morgan fingerprint density at radius 2 is 2.14 bits per heavy atom. The van der Waals surface area contributed by atoms with Gasteiger partial charge in [0.1, 0.15) is 18.5 Å². The Morgan fingerprint density at radius 3 is 2.97 bits per heavy atom. The van der Waals surface area contributed by atoms with E-state index in [-0.39, 0.29) is 50.0 Å². The van der Waals surface area contributed by atoms with E-state index < -0.39 is 6.10 Å². The van der Waals surface area contributed by atoms with Gasteiger partial charge in [0.15, 0.2) is 17.2 Å². The van der Waals surface area contributed by atoms with E-state index in [2.05, 4.69) is 20.9 Å². The Balaban J connectivity index is 0.00000240. The molecule has 2 aliphatic rings. The number of amides is 1. The Kier molecular flexibility index (Phi) is 7.13. The SMILES string of the molecule is Cl.O=C(NCC(O)COc1ccc2c(c1)OCO2)c1cn(C2CCNCC2)nn1. The van der Waals surface area contributed by atoms with Crippen LogP contribution in [0.5, 0.6) is 17.2 Å². The van der Waals surface area contributed by atoms with Crippen LogP contribution < -0.4 is 24.8 Å². The lowest BCUT2D eigenvalue weighted by atomic mass is 10.1. The summed E-state index contributed by atoms with van der Waals surface area (Å²) in [4.78, 5) is 12.2. The van der Waals surface area contributed by atoms with Crippen LogP contribution in [0.2, 0.25) is 0 Å². The van der Waals surface area contributed by atoms with Crippen molar-refractivity contribution in [3.63, 3.8) is 0 Å². The van der Waals surface area contributed by atoms with Crippen LogP contribution in [0.15, 0.2) is 24.4 Å². The first-order valence-corrected chi connectivity index (χ1v) is 9.30. The molecule has 3 heterocycles. The van der Waals surface area contributed by atoms with Crippen LogP contribution in [0.4, 0.5) is 0 Å². The number of fused-ring (bicyclic) bond motifs is 1. The average molecular weight is 426 g/mol. The van der Waals surface area contributed by atoms with Gasteiger partial charge < -0.3 is 30.0 Å². The third-order valence-electron chi connectivity index (χ3n) is 4.71. The summed E-state index contributed by atoms with van der Waals surface area (Å²) in [5.41, 5.74) is 0.238. The molecule has 1 aromatic carbocycles. The van der Waals surface area contributed by atoms with Crippen molar-refractivity contribution >= 4 is 18.3 Å². The van der Waals surface area contributed by atoms with Gasteiger partial charge in [-0.1, -0.05) is 5.21 Å². The molecule has 10 nitrogen and oxygen atoms in total. The number of nitrogens with one attached hydrogen (secondary N) is 2. The van der Waals surface area contributed by atoms with Crippen LogP contribution >= 0.6 is 12.4 Å². The Bertz CT molecular complexity index is 827. The first-order valence-electron chi connectivity index (χ1n) is 9.30. The summed E-state index contributed by atoms with van der Waals surface area (Å²) in [7, 11) is 0. The molecule has 1 fully saturated rings. The molecule has 1 aromatic heterocycles. The number of hydrogen-bond acceptors (Lipinski definition) is 8. The molecule has 2 aromatic rings. The van der Waals surface area contributed by atoms with Crippen LogP contribution in [-0.4, -0.2) is 65.1 Å². The van der Waals surface area contributed by atoms with Crippen molar-refractivity contribution in [2.75, 3.05) is 33.0 Å². The molecule has 1 saturated heterocycles. The molecule has 3 N–H and O–H groups in total. The first kappa shape index (κ1) is 21.2. The van der Waals surface area contributed by atoms with E-state index in [0.717, 1.165) is 25.9 Å². The largest absolute Gasteiger partial charge is 0.491 e. The van der Waals surface area contributed by atoms with Crippen LogP contribution in [0.25, 0.3) is 0 Å². The fourth-order valence-electron chi connectivity index (χ4n) is 3.15. The fourth-order valence-corrected chi connectivity index (χ4v) is 3.15. The number of rotatable bonds is 7. The smallest absolute Gasteiger partial charge is 0.273 e. The monoisotopic (exact) mass is 425 g/mol. The second-order valence-corrected chi connectivity index (χ2v) is 6.75. The molecule has 0 saturated carbocycles. The Morgan fingerprint density at radius 1 is 1.34 bits per heavy atom. The molecule has 2 aliphatic heterocycles. The summed E-state index contributed by atoms with van der Waals surface area (Å²) < 4.78 is 17.8. The van der Waals surface area contributed by atoms with E-state index in [4.69, 9.17) is 14.2 Å². The van der Waals surface area contributed by atoms with Gasteiger partial charge in [-0.25, -0.2) is 4.68 Å². The Hall–Kier alpha value is -2.56. The lowest BCUT2D eigenvalue weighted by Crippen LogP contribution is -2.35. The number of carbonyl (C=O) groups excluding carboxylic acids is 1. The number of aromatic nitrogens is 3. The number of carbonyl (C=O) groups is 1. The number of benzene rings is 1. The number of nitrogens with zero attached hydrogens (tertiary/aromatic N) is 3. The quantitative estimate of drug-likeness (QED) is 0.587. The number of hydrogen-bond donors (Lipinski definition) is 3. The van der Waals surface area contributed by atoms with Gasteiger partial charge in [0, 0.05) is 12.6 Å². The number of aliphatic hydroxyl groups is 1. The first-order chi connectivity index (χ1) is 13.7. The van der Waals surface area contributed by atoms with E-state index >= 15 is 0 Å². The van der Waals surface area contributed by atoms with E-state index in [0.29, 0.717) is 17.2 Å². The molecule has 4 rings (SSSR count). The van der Waals surface area contributed by atoms with Crippen molar-refractivity contribution in [3.8, 4) is 17.2 Å². The zero-order chi connectivity index (χ0) is 19.3. The highest BCUT2D eigenvalue weighted by molar-refractivity contribution is 5.91. The zero-order valence-corrected chi connectivity index (χ0v) is 16.6. The molecule has 29 heavy (non-hydrogen) atoms. The van der Waals surface area contributed by atoms with Crippen LogP contribution in [0.3, 0.4) is 0 Å². The van der Waals surface area contributed by atoms with E-state index in [1.165, 1.54) is 0 Å². The van der Waals surface area contributed by atoms with Gasteiger partial charge in [0.05, 0.1) is 12.2 Å². The lowest BCUT2D eigenvalue weighted by molar-refractivity contribution is 0.0839. The van der Waals surface area contributed by atoms with Gasteiger partial charge >= 0.3 is 0 Å². The average Bonchev–Trinajstić information content (AvgIpc) is 3.40. The summed E-state index contributed by atoms with van der Waals surface area (Å²) in [6, 6.07) is 5.44. The van der Waals surface area contributed by atoms with Crippen molar-refractivity contribution in [1.82, 2.24) is 25.6 Å². The van der Waals surface area contributed by atoms with Gasteiger partial charge in [-0.3, -0.25) is 4.79 Å².